The van der Waals surface area contributed by atoms with Gasteiger partial charge in [0.25, 0.3) is 0 Å². The van der Waals surface area contributed by atoms with E-state index in [-0.39, 0.29) is 19.6 Å². The van der Waals surface area contributed by atoms with Crippen LogP contribution >= 0.6 is 0 Å². The van der Waals surface area contributed by atoms with Crippen LogP contribution in [0.1, 0.15) is 347 Å². The number of hydrogen-bond donors (Lipinski definition) is 2. The van der Waals surface area contributed by atoms with Crippen LogP contribution in [-0.4, -0.2) is 48.6 Å². The third-order valence-electron chi connectivity index (χ3n) is 15.8. The fraction of sp³-hybridized carbons (Fsp3) is 0.938. The summed E-state index contributed by atoms with van der Waals surface area (Å²) >= 11 is 0. The Morgan fingerprint density at radius 3 is 0.886 bits per heavy atom. The van der Waals surface area contributed by atoms with Crippen molar-refractivity contribution in [1.82, 2.24) is 0 Å². The topological polar surface area (TPSA) is 93.1 Å². The number of carbonyl (C=O) groups excluding carboxylic acids is 2. The van der Waals surface area contributed by atoms with E-state index in [1.165, 1.54) is 308 Å². The Kier molecular flexibility index (Phi) is 51.3. The van der Waals surface area contributed by atoms with Crippen LogP contribution in [0.4, 0.5) is 0 Å². The molecule has 0 bridgehead atoms. The van der Waals surface area contributed by atoms with E-state index in [4.69, 9.17) is 9.47 Å². The first-order valence-corrected chi connectivity index (χ1v) is 31.8. The highest BCUT2D eigenvalue weighted by molar-refractivity contribution is 5.80. The number of rotatable bonds is 55. The van der Waals surface area contributed by atoms with Crippen LogP contribution in [-0.2, 0) is 19.1 Å². The number of carbonyl (C=O) groups is 2. The molecule has 0 spiro atoms. The van der Waals surface area contributed by atoms with Crippen molar-refractivity contribution in [2.45, 2.75) is 347 Å². The van der Waals surface area contributed by atoms with E-state index in [2.05, 4.69) is 19.1 Å². The predicted molar refractivity (Wildman–Crippen MR) is 302 cm³/mol. The van der Waals surface area contributed by atoms with Gasteiger partial charge < -0.3 is 19.7 Å². The monoisotopic (exact) mass is 987 g/mol. The second-order valence-corrected chi connectivity index (χ2v) is 22.8. The molecule has 1 unspecified atom stereocenters. The molecule has 0 aromatic carbocycles. The minimum atomic E-state index is -1.12. The summed E-state index contributed by atoms with van der Waals surface area (Å²) in [5, 5.41) is 19.2. The van der Waals surface area contributed by atoms with Crippen LogP contribution < -0.4 is 0 Å². The Labute approximate surface area is 436 Å². The van der Waals surface area contributed by atoms with E-state index in [0.29, 0.717) is 6.42 Å². The average molecular weight is 988 g/mol. The lowest BCUT2D eigenvalue weighted by Crippen LogP contribution is -2.40. The fourth-order valence-electron chi connectivity index (χ4n) is 10.6. The van der Waals surface area contributed by atoms with E-state index in [9.17, 15) is 19.8 Å². The number of allylic oxidation sites excluding steroid dienone is 2. The lowest BCUT2D eigenvalue weighted by atomic mass is 9.92. The first-order chi connectivity index (χ1) is 34.6. The molecule has 6 nitrogen and oxygen atoms in total. The van der Waals surface area contributed by atoms with Crippen molar-refractivity contribution in [3.63, 3.8) is 0 Å². The van der Waals surface area contributed by atoms with Gasteiger partial charge in [-0.25, -0.2) is 0 Å². The van der Waals surface area contributed by atoms with E-state index in [1.807, 2.05) is 0 Å². The van der Waals surface area contributed by atoms with Gasteiger partial charge in [-0.2, -0.15) is 0 Å². The predicted octanol–water partition coefficient (Wildman–Crippen LogP) is 19.9. The van der Waals surface area contributed by atoms with Gasteiger partial charge in [0.1, 0.15) is 13.2 Å². The van der Waals surface area contributed by atoms with E-state index in [1.54, 1.807) is 0 Å². The standard InChI is InChI=1S/C64H122O6/c1-2-3-4-5-6-7-8-9-10-11-12-13-14-15-16-17-18-19-20-21-22-23-24-25-26-27-28-29-30-31-32-33-34-35-36-37-38-39-40-41-42-43-44-45-46-47-48-49-50-51-52-53-54-55-61-56-62(67)69-59-64(57-65,58-66)60-70-63(61)68/h38-39,61,65-66H,2-37,40-60H2,1H3/b39-38+. The van der Waals surface area contributed by atoms with Crippen LogP contribution in [0.25, 0.3) is 0 Å². The summed E-state index contributed by atoms with van der Waals surface area (Å²) in [6, 6.07) is 0. The van der Waals surface area contributed by atoms with Crippen LogP contribution in [0.15, 0.2) is 12.2 Å². The van der Waals surface area contributed by atoms with Crippen LogP contribution in [0.5, 0.6) is 0 Å². The zero-order valence-corrected chi connectivity index (χ0v) is 47.1. The van der Waals surface area contributed by atoms with Gasteiger partial charge in [-0.15, -0.1) is 0 Å². The fourth-order valence-corrected chi connectivity index (χ4v) is 10.6. The SMILES string of the molecule is CCCCCCCCCCCCCCCCCCCCCCCCCCCCCCCCCCCCC/C=C/CCCCCCCCCCCCCCCCC1CC(=O)OCC(CO)(CO)COC1=O. The van der Waals surface area contributed by atoms with Crippen molar-refractivity contribution in [2.24, 2.45) is 11.3 Å². The molecule has 0 radical (unpaired) electrons. The zero-order valence-electron chi connectivity index (χ0n) is 47.1. The molecule has 0 amide bonds. The number of hydrogen-bond acceptors (Lipinski definition) is 6. The van der Waals surface area contributed by atoms with Crippen molar-refractivity contribution < 1.29 is 29.3 Å². The Hall–Kier alpha value is -1.40. The minimum Gasteiger partial charge on any atom is -0.465 e. The third-order valence-corrected chi connectivity index (χ3v) is 15.8. The molecule has 414 valence electrons. The lowest BCUT2D eigenvalue weighted by molar-refractivity contribution is -0.155. The highest BCUT2D eigenvalue weighted by Gasteiger charge is 2.36. The van der Waals surface area contributed by atoms with Gasteiger partial charge in [0.15, 0.2) is 0 Å². The van der Waals surface area contributed by atoms with Gasteiger partial charge in [0.05, 0.1) is 31.0 Å². The number of cyclic esters (lactones) is 2. The molecule has 0 aromatic rings. The number of esters is 2. The molecule has 0 aliphatic carbocycles. The van der Waals surface area contributed by atoms with E-state index < -0.39 is 36.5 Å². The number of unbranched alkanes of at least 4 members (excludes halogenated alkanes) is 49. The minimum absolute atomic E-state index is 0.00294. The summed E-state index contributed by atoms with van der Waals surface area (Å²) in [6.45, 7) is 1.21. The number of aliphatic hydroxyl groups is 2. The van der Waals surface area contributed by atoms with Crippen molar-refractivity contribution in [3.8, 4) is 0 Å². The largest absolute Gasteiger partial charge is 0.465 e. The second-order valence-electron chi connectivity index (χ2n) is 22.8. The number of aliphatic hydroxyl groups excluding tert-OH is 2. The Balaban J connectivity index is 1.69. The molecule has 0 aromatic heterocycles. The molecule has 1 saturated heterocycles. The van der Waals surface area contributed by atoms with Crippen molar-refractivity contribution in [1.29, 1.82) is 0 Å². The van der Waals surface area contributed by atoms with Crippen LogP contribution in [0.3, 0.4) is 0 Å². The van der Waals surface area contributed by atoms with E-state index in [0.717, 1.165) is 19.3 Å². The molecular formula is C64H122O6. The number of ether oxygens (including phenoxy) is 2. The Bertz CT molecular complexity index is 1100. The molecule has 1 heterocycles. The molecule has 2 N–H and O–H groups in total. The smallest absolute Gasteiger partial charge is 0.309 e. The molecule has 6 heteroatoms. The molecule has 1 aliphatic rings. The lowest BCUT2D eigenvalue weighted by Gasteiger charge is -2.27. The molecule has 1 aliphatic heterocycles. The second kappa shape index (κ2) is 53.9. The van der Waals surface area contributed by atoms with Gasteiger partial charge in [0, 0.05) is 0 Å². The maximum absolute atomic E-state index is 12.5. The summed E-state index contributed by atoms with van der Waals surface area (Å²) in [5.74, 6) is -1.40. The highest BCUT2D eigenvalue weighted by atomic mass is 16.6. The summed E-state index contributed by atoms with van der Waals surface area (Å²) in [4.78, 5) is 24.7. The summed E-state index contributed by atoms with van der Waals surface area (Å²) < 4.78 is 10.6. The van der Waals surface area contributed by atoms with Crippen molar-refractivity contribution in [2.75, 3.05) is 26.4 Å². The summed E-state index contributed by atoms with van der Waals surface area (Å²) in [7, 11) is 0. The molecule has 1 fully saturated rings. The van der Waals surface area contributed by atoms with E-state index >= 15 is 0 Å². The van der Waals surface area contributed by atoms with Gasteiger partial charge in [-0.05, 0) is 32.1 Å². The van der Waals surface area contributed by atoms with Crippen molar-refractivity contribution in [3.05, 3.63) is 12.2 Å². The summed E-state index contributed by atoms with van der Waals surface area (Å²) in [6.07, 6.45) is 77.2. The highest BCUT2D eigenvalue weighted by Crippen LogP contribution is 2.25. The Morgan fingerprint density at radius 1 is 0.371 bits per heavy atom. The molecule has 1 atom stereocenters. The van der Waals surface area contributed by atoms with Gasteiger partial charge in [-0.3, -0.25) is 9.59 Å². The first-order valence-electron chi connectivity index (χ1n) is 31.8. The maximum atomic E-state index is 12.5. The Morgan fingerprint density at radius 2 is 0.614 bits per heavy atom. The van der Waals surface area contributed by atoms with Gasteiger partial charge >= 0.3 is 11.9 Å². The quantitative estimate of drug-likeness (QED) is 0.0358. The molecular weight excluding hydrogens is 865 g/mol. The van der Waals surface area contributed by atoms with Gasteiger partial charge in [-0.1, -0.05) is 321 Å². The normalized spacial score (nSPS) is 15.3. The van der Waals surface area contributed by atoms with Crippen LogP contribution in [0, 0.1) is 11.3 Å². The first kappa shape index (κ1) is 66.6. The van der Waals surface area contributed by atoms with Crippen LogP contribution in [0.2, 0.25) is 0 Å². The average Bonchev–Trinajstić information content (AvgIpc) is 3.43. The summed E-state index contributed by atoms with van der Waals surface area (Å²) in [5.41, 5.74) is -1.12. The maximum Gasteiger partial charge on any atom is 0.309 e. The zero-order chi connectivity index (χ0) is 50.4. The molecule has 0 saturated carbocycles. The van der Waals surface area contributed by atoms with Gasteiger partial charge in [0.2, 0.25) is 0 Å². The van der Waals surface area contributed by atoms with Crippen molar-refractivity contribution >= 4 is 11.9 Å². The third kappa shape index (κ3) is 45.2. The molecule has 70 heavy (non-hydrogen) atoms. The molecule has 1 rings (SSSR count).